The number of hydrogen-bond donors (Lipinski definition) is 2. The molecule has 1 saturated carbocycles. The zero-order valence-electron chi connectivity index (χ0n) is 11.8. The van der Waals surface area contributed by atoms with E-state index >= 15 is 0 Å². The maximum absolute atomic E-state index is 11.9. The number of aliphatic carboxylic acids is 1. The number of amides is 1. The lowest BCUT2D eigenvalue weighted by molar-refractivity contribution is -0.142. The minimum atomic E-state index is -0.861. The van der Waals surface area contributed by atoms with Gasteiger partial charge in [-0.3, -0.25) is 9.59 Å². The highest BCUT2D eigenvalue weighted by Gasteiger charge is 2.33. The molecule has 5 nitrogen and oxygen atoms in total. The number of rotatable bonds is 5. The Labute approximate surface area is 128 Å². The van der Waals surface area contributed by atoms with E-state index in [0.29, 0.717) is 23.6 Å². The van der Waals surface area contributed by atoms with Crippen LogP contribution in [-0.4, -0.2) is 29.6 Å². The van der Waals surface area contributed by atoms with E-state index in [1.165, 1.54) is 0 Å². The van der Waals surface area contributed by atoms with Crippen LogP contribution in [0.15, 0.2) is 18.2 Å². The minimum absolute atomic E-state index is 0.175. The molecule has 1 aromatic carbocycles. The van der Waals surface area contributed by atoms with Gasteiger partial charge in [0.1, 0.15) is 5.75 Å². The number of carbonyl (C=O) groups is 2. The number of ether oxygens (including phenoxy) is 1. The van der Waals surface area contributed by atoms with Crippen molar-refractivity contribution in [2.24, 2.45) is 5.92 Å². The van der Waals surface area contributed by atoms with Crippen molar-refractivity contribution >= 4 is 23.5 Å². The largest absolute Gasteiger partial charge is 0.482 e. The van der Waals surface area contributed by atoms with Gasteiger partial charge in [0.15, 0.2) is 6.61 Å². The normalized spacial score (nSPS) is 21.0. The Hall–Kier alpha value is -1.75. The van der Waals surface area contributed by atoms with Crippen LogP contribution in [0.4, 0.5) is 0 Å². The van der Waals surface area contributed by atoms with Crippen molar-refractivity contribution in [1.29, 1.82) is 0 Å². The molecule has 2 atom stereocenters. The van der Waals surface area contributed by atoms with Crippen molar-refractivity contribution in [3.8, 4) is 5.75 Å². The molecule has 0 aromatic heterocycles. The van der Waals surface area contributed by atoms with Gasteiger partial charge in [-0.2, -0.15) is 0 Å². The van der Waals surface area contributed by atoms with Crippen LogP contribution in [0, 0.1) is 12.8 Å². The Bertz CT molecular complexity index is 546. The first-order chi connectivity index (χ1) is 9.97. The summed E-state index contributed by atoms with van der Waals surface area (Å²) in [5.41, 5.74) is 0.983. The summed E-state index contributed by atoms with van der Waals surface area (Å²) >= 11 is 5.98. The molecule has 114 valence electrons. The van der Waals surface area contributed by atoms with Crippen LogP contribution in [0.2, 0.25) is 5.02 Å². The molecule has 1 aromatic rings. The van der Waals surface area contributed by atoms with Gasteiger partial charge in [0.25, 0.3) is 5.91 Å². The maximum Gasteiger partial charge on any atom is 0.308 e. The number of carboxylic acids is 1. The van der Waals surface area contributed by atoms with Crippen LogP contribution in [-0.2, 0) is 9.59 Å². The molecule has 0 radical (unpaired) electrons. The van der Waals surface area contributed by atoms with Crippen molar-refractivity contribution in [2.45, 2.75) is 32.2 Å². The molecule has 6 heteroatoms. The molecular formula is C15H18ClNO4. The summed E-state index contributed by atoms with van der Waals surface area (Å²) < 4.78 is 5.39. The van der Waals surface area contributed by atoms with E-state index in [-0.39, 0.29) is 18.6 Å². The zero-order chi connectivity index (χ0) is 15.4. The Morgan fingerprint density at radius 3 is 2.90 bits per heavy atom. The van der Waals surface area contributed by atoms with Crippen LogP contribution in [0.1, 0.15) is 24.8 Å². The predicted octanol–water partition coefficient (Wildman–Crippen LogP) is 2.40. The van der Waals surface area contributed by atoms with E-state index in [4.69, 9.17) is 21.4 Å². The van der Waals surface area contributed by atoms with Crippen LogP contribution in [0.5, 0.6) is 5.75 Å². The van der Waals surface area contributed by atoms with E-state index < -0.39 is 11.9 Å². The third kappa shape index (κ3) is 4.11. The van der Waals surface area contributed by atoms with Crippen LogP contribution in [0.25, 0.3) is 0 Å². The molecule has 2 N–H and O–H groups in total. The Morgan fingerprint density at radius 2 is 2.19 bits per heavy atom. The van der Waals surface area contributed by atoms with Gasteiger partial charge in [0.2, 0.25) is 0 Å². The predicted molar refractivity (Wildman–Crippen MR) is 78.6 cm³/mol. The van der Waals surface area contributed by atoms with Gasteiger partial charge in [-0.25, -0.2) is 0 Å². The second-order valence-corrected chi connectivity index (χ2v) is 5.68. The van der Waals surface area contributed by atoms with Crippen LogP contribution >= 0.6 is 11.6 Å². The molecule has 1 amide bonds. The lowest BCUT2D eigenvalue weighted by Crippen LogP contribution is -2.42. The monoisotopic (exact) mass is 311 g/mol. The topological polar surface area (TPSA) is 75.6 Å². The number of halogens is 1. The highest BCUT2D eigenvalue weighted by atomic mass is 35.5. The molecule has 0 saturated heterocycles. The van der Waals surface area contributed by atoms with Gasteiger partial charge in [-0.15, -0.1) is 0 Å². The SMILES string of the molecule is Cc1ccc(Cl)c(OCC(=O)NC2CCCC2C(=O)O)c1. The van der Waals surface area contributed by atoms with Crippen molar-refractivity contribution < 1.29 is 19.4 Å². The van der Waals surface area contributed by atoms with Crippen molar-refractivity contribution in [2.75, 3.05) is 6.61 Å². The van der Waals surface area contributed by atoms with E-state index in [2.05, 4.69) is 5.32 Å². The summed E-state index contributed by atoms with van der Waals surface area (Å²) in [6.07, 6.45) is 2.10. The van der Waals surface area contributed by atoms with Gasteiger partial charge in [-0.05, 0) is 37.5 Å². The van der Waals surface area contributed by atoms with Gasteiger partial charge in [0, 0.05) is 6.04 Å². The van der Waals surface area contributed by atoms with Crippen molar-refractivity contribution in [3.05, 3.63) is 28.8 Å². The first-order valence-corrected chi connectivity index (χ1v) is 7.26. The average Bonchev–Trinajstić information content (AvgIpc) is 2.88. The minimum Gasteiger partial charge on any atom is -0.482 e. The zero-order valence-corrected chi connectivity index (χ0v) is 12.5. The van der Waals surface area contributed by atoms with Gasteiger partial charge < -0.3 is 15.2 Å². The fourth-order valence-electron chi connectivity index (χ4n) is 2.54. The lowest BCUT2D eigenvalue weighted by Gasteiger charge is -2.17. The summed E-state index contributed by atoms with van der Waals surface area (Å²) in [6, 6.07) is 5.00. The Morgan fingerprint density at radius 1 is 1.43 bits per heavy atom. The number of nitrogens with one attached hydrogen (secondary N) is 1. The van der Waals surface area contributed by atoms with Gasteiger partial charge >= 0.3 is 5.97 Å². The summed E-state index contributed by atoms with van der Waals surface area (Å²) in [5.74, 6) is -1.24. The molecular weight excluding hydrogens is 294 g/mol. The molecule has 0 spiro atoms. The molecule has 0 bridgehead atoms. The molecule has 0 aliphatic heterocycles. The average molecular weight is 312 g/mol. The number of benzene rings is 1. The molecule has 2 unspecified atom stereocenters. The van der Waals surface area contributed by atoms with E-state index in [1.54, 1.807) is 12.1 Å². The van der Waals surface area contributed by atoms with E-state index in [1.807, 2.05) is 13.0 Å². The van der Waals surface area contributed by atoms with E-state index in [9.17, 15) is 9.59 Å². The van der Waals surface area contributed by atoms with Crippen LogP contribution in [0.3, 0.4) is 0 Å². The van der Waals surface area contributed by atoms with E-state index in [0.717, 1.165) is 12.0 Å². The maximum atomic E-state index is 11.9. The molecule has 0 heterocycles. The third-order valence-electron chi connectivity index (χ3n) is 3.63. The Kier molecular flexibility index (Phi) is 5.07. The first kappa shape index (κ1) is 15.6. The quantitative estimate of drug-likeness (QED) is 0.875. The second-order valence-electron chi connectivity index (χ2n) is 5.27. The summed E-state index contributed by atoms with van der Waals surface area (Å²) in [5, 5.41) is 12.2. The first-order valence-electron chi connectivity index (χ1n) is 6.88. The fourth-order valence-corrected chi connectivity index (χ4v) is 2.71. The Balaban J connectivity index is 1.87. The molecule has 2 rings (SSSR count). The lowest BCUT2D eigenvalue weighted by atomic mass is 10.0. The number of carbonyl (C=O) groups excluding carboxylic acids is 1. The third-order valence-corrected chi connectivity index (χ3v) is 3.94. The molecule has 1 aliphatic rings. The molecule has 21 heavy (non-hydrogen) atoms. The highest BCUT2D eigenvalue weighted by Crippen LogP contribution is 2.26. The van der Waals surface area contributed by atoms with Crippen molar-refractivity contribution in [1.82, 2.24) is 5.32 Å². The van der Waals surface area contributed by atoms with Crippen LogP contribution < -0.4 is 10.1 Å². The number of aryl methyl sites for hydroxylation is 1. The molecule has 1 fully saturated rings. The fraction of sp³-hybridized carbons (Fsp3) is 0.467. The highest BCUT2D eigenvalue weighted by molar-refractivity contribution is 6.32. The van der Waals surface area contributed by atoms with Gasteiger partial charge in [-0.1, -0.05) is 24.1 Å². The number of carboxylic acid groups (broad SMARTS) is 1. The summed E-state index contributed by atoms with van der Waals surface area (Å²) in [4.78, 5) is 22.9. The van der Waals surface area contributed by atoms with Crippen molar-refractivity contribution in [3.63, 3.8) is 0 Å². The summed E-state index contributed by atoms with van der Waals surface area (Å²) in [6.45, 7) is 1.73. The number of hydrogen-bond acceptors (Lipinski definition) is 3. The smallest absolute Gasteiger partial charge is 0.308 e. The summed E-state index contributed by atoms with van der Waals surface area (Å²) in [7, 11) is 0. The second kappa shape index (κ2) is 6.80. The van der Waals surface area contributed by atoms with Gasteiger partial charge in [0.05, 0.1) is 10.9 Å². The standard InChI is InChI=1S/C15H18ClNO4/c1-9-5-6-11(16)13(7-9)21-8-14(18)17-12-4-2-3-10(12)15(19)20/h5-7,10,12H,2-4,8H2,1H3,(H,17,18)(H,19,20). The molecule has 1 aliphatic carbocycles.